The van der Waals surface area contributed by atoms with Gasteiger partial charge in [0.25, 0.3) is 5.91 Å². The minimum Gasteiger partial charge on any atom is -0.340 e. The third-order valence-corrected chi connectivity index (χ3v) is 5.68. The number of anilines is 1. The Morgan fingerprint density at radius 2 is 1.62 bits per heavy atom. The number of benzene rings is 2. The van der Waals surface area contributed by atoms with E-state index in [9.17, 15) is 18.8 Å². The van der Waals surface area contributed by atoms with Crippen LogP contribution in [0.2, 0.25) is 0 Å². The number of imide groups is 1. The highest BCUT2D eigenvalue weighted by Crippen LogP contribution is 2.27. The average molecular weight is 408 g/mol. The molecule has 0 saturated carbocycles. The summed E-state index contributed by atoms with van der Waals surface area (Å²) in [5, 5.41) is 4.89. The Labute approximate surface area is 170 Å². The summed E-state index contributed by atoms with van der Waals surface area (Å²) in [5.41, 5.74) is 1.63. The Hall–Kier alpha value is -3.32. The zero-order chi connectivity index (χ0) is 20.4. The monoisotopic (exact) mass is 408 g/mol. The molecule has 0 bridgehead atoms. The maximum atomic E-state index is 13.3. The maximum absolute atomic E-state index is 13.3. The number of halogens is 1. The average Bonchev–Trinajstić information content (AvgIpc) is 3.37. The van der Waals surface area contributed by atoms with Gasteiger partial charge in [-0.05, 0) is 53.4 Å². The van der Waals surface area contributed by atoms with Crippen LogP contribution in [0.25, 0.3) is 0 Å². The minimum absolute atomic E-state index is 0.210. The fraction of sp³-hybridized carbons (Fsp3) is 0.136. The molecule has 2 heterocycles. The molecule has 2 aromatic carbocycles. The first kappa shape index (κ1) is 19.0. The van der Waals surface area contributed by atoms with Crippen molar-refractivity contribution >= 4 is 34.7 Å². The third-order valence-electron chi connectivity index (χ3n) is 4.75. The number of carbonyl (C=O) groups excluding carboxylic acids is 3. The van der Waals surface area contributed by atoms with E-state index in [0.29, 0.717) is 11.3 Å². The zero-order valence-corrected chi connectivity index (χ0v) is 16.1. The van der Waals surface area contributed by atoms with Gasteiger partial charge in [-0.1, -0.05) is 18.2 Å². The maximum Gasteiger partial charge on any atom is 0.252 e. The van der Waals surface area contributed by atoms with Crippen molar-refractivity contribution in [3.05, 3.63) is 87.9 Å². The third kappa shape index (κ3) is 3.95. The van der Waals surface area contributed by atoms with Gasteiger partial charge in [-0.2, -0.15) is 0 Å². The van der Waals surface area contributed by atoms with Crippen molar-refractivity contribution < 1.29 is 18.8 Å². The summed E-state index contributed by atoms with van der Waals surface area (Å²) in [6.45, 7) is 0. The molecule has 0 radical (unpaired) electrons. The molecule has 7 heteroatoms. The van der Waals surface area contributed by atoms with Crippen molar-refractivity contribution in [3.63, 3.8) is 0 Å². The molecule has 3 amide bonds. The van der Waals surface area contributed by atoms with E-state index in [1.54, 1.807) is 36.4 Å². The first-order valence-electron chi connectivity index (χ1n) is 9.08. The number of carbonyl (C=O) groups is 3. The van der Waals surface area contributed by atoms with Crippen LogP contribution in [0.4, 0.5) is 10.1 Å². The summed E-state index contributed by atoms with van der Waals surface area (Å²) >= 11 is 1.50. The summed E-state index contributed by atoms with van der Waals surface area (Å²) in [5.74, 6) is -1.12. The highest BCUT2D eigenvalue weighted by atomic mass is 32.1. The van der Waals surface area contributed by atoms with Gasteiger partial charge in [0.2, 0.25) is 11.8 Å². The van der Waals surface area contributed by atoms with Crippen molar-refractivity contribution in [1.29, 1.82) is 0 Å². The number of thiophene rings is 1. The molecule has 1 N–H and O–H groups in total. The van der Waals surface area contributed by atoms with Gasteiger partial charge in [-0.25, -0.2) is 4.39 Å². The second-order valence-corrected chi connectivity index (χ2v) is 7.62. The van der Waals surface area contributed by atoms with Crippen molar-refractivity contribution in [2.45, 2.75) is 18.9 Å². The van der Waals surface area contributed by atoms with E-state index in [-0.39, 0.29) is 36.4 Å². The van der Waals surface area contributed by atoms with Crippen molar-refractivity contribution in [1.82, 2.24) is 5.32 Å². The quantitative estimate of drug-likeness (QED) is 0.648. The number of amides is 3. The highest BCUT2D eigenvalue weighted by Gasteiger charge is 2.30. The molecule has 1 fully saturated rings. The van der Waals surface area contributed by atoms with Crippen LogP contribution in [0.1, 0.15) is 39.7 Å². The van der Waals surface area contributed by atoms with Crippen LogP contribution in [-0.4, -0.2) is 17.7 Å². The standard InChI is InChI=1S/C22H17FN2O3S/c23-16-7-3-14(4-8-16)21(18-2-1-13-29-18)24-22(28)15-5-9-17(10-6-15)25-19(26)11-12-20(25)27/h1-10,13,21H,11-12H2,(H,24,28)/t21-/m1/s1. The van der Waals surface area contributed by atoms with Crippen molar-refractivity contribution in [3.8, 4) is 0 Å². The molecule has 29 heavy (non-hydrogen) atoms. The van der Waals surface area contributed by atoms with E-state index in [0.717, 1.165) is 15.3 Å². The molecule has 3 aromatic rings. The lowest BCUT2D eigenvalue weighted by molar-refractivity contribution is -0.121. The lowest BCUT2D eigenvalue weighted by Gasteiger charge is -2.19. The Bertz CT molecular complexity index is 1030. The van der Waals surface area contributed by atoms with Gasteiger partial charge in [-0.3, -0.25) is 19.3 Å². The molecule has 5 nitrogen and oxygen atoms in total. The largest absolute Gasteiger partial charge is 0.340 e. The van der Waals surface area contributed by atoms with E-state index in [1.807, 2.05) is 17.5 Å². The van der Waals surface area contributed by atoms with Crippen LogP contribution in [0.15, 0.2) is 66.0 Å². The Morgan fingerprint density at radius 3 is 2.21 bits per heavy atom. The second kappa shape index (κ2) is 7.97. The summed E-state index contributed by atoms with van der Waals surface area (Å²) in [6.07, 6.45) is 0.419. The van der Waals surface area contributed by atoms with Gasteiger partial charge in [-0.15, -0.1) is 11.3 Å². The second-order valence-electron chi connectivity index (χ2n) is 6.64. The Kier molecular flexibility index (Phi) is 5.22. The molecule has 4 rings (SSSR count). The fourth-order valence-corrected chi connectivity index (χ4v) is 4.07. The van der Waals surface area contributed by atoms with E-state index in [4.69, 9.17) is 0 Å². The van der Waals surface area contributed by atoms with Gasteiger partial charge in [0.15, 0.2) is 0 Å². The predicted octanol–water partition coefficient (Wildman–Crippen LogP) is 4.06. The van der Waals surface area contributed by atoms with Crippen molar-refractivity contribution in [2.24, 2.45) is 0 Å². The van der Waals surface area contributed by atoms with Gasteiger partial charge in [0, 0.05) is 23.3 Å². The molecular formula is C22H17FN2O3S. The van der Waals surface area contributed by atoms with Gasteiger partial charge in [0.1, 0.15) is 5.82 Å². The van der Waals surface area contributed by atoms with Crippen molar-refractivity contribution in [2.75, 3.05) is 4.90 Å². The minimum atomic E-state index is -0.412. The van der Waals surface area contributed by atoms with Crippen LogP contribution in [-0.2, 0) is 9.59 Å². The fourth-order valence-electron chi connectivity index (χ4n) is 3.27. The van der Waals surface area contributed by atoms with Crippen LogP contribution >= 0.6 is 11.3 Å². The molecular weight excluding hydrogens is 391 g/mol. The van der Waals surface area contributed by atoms with Crippen LogP contribution in [0.5, 0.6) is 0 Å². The molecule has 0 unspecified atom stereocenters. The summed E-state index contributed by atoms with van der Waals surface area (Å²) in [4.78, 5) is 38.6. The molecule has 0 aliphatic carbocycles. The highest BCUT2D eigenvalue weighted by molar-refractivity contribution is 7.10. The first-order valence-corrected chi connectivity index (χ1v) is 9.96. The summed E-state index contributed by atoms with van der Waals surface area (Å²) in [6, 6.07) is 15.8. The van der Waals surface area contributed by atoms with Crippen LogP contribution in [0, 0.1) is 5.82 Å². The molecule has 1 aliphatic heterocycles. The van der Waals surface area contributed by atoms with E-state index in [1.165, 1.54) is 23.5 Å². The van der Waals surface area contributed by atoms with Gasteiger partial charge in [0.05, 0.1) is 11.7 Å². The first-order chi connectivity index (χ1) is 14.0. The van der Waals surface area contributed by atoms with Crippen LogP contribution in [0.3, 0.4) is 0 Å². The number of hydrogen-bond acceptors (Lipinski definition) is 4. The molecule has 146 valence electrons. The topological polar surface area (TPSA) is 66.5 Å². The van der Waals surface area contributed by atoms with E-state index >= 15 is 0 Å². The molecule has 1 atom stereocenters. The smallest absolute Gasteiger partial charge is 0.252 e. The number of nitrogens with zero attached hydrogens (tertiary/aromatic N) is 1. The summed E-state index contributed by atoms with van der Waals surface area (Å²) in [7, 11) is 0. The number of rotatable bonds is 5. The molecule has 1 aliphatic rings. The van der Waals surface area contributed by atoms with Crippen LogP contribution < -0.4 is 10.2 Å². The van der Waals surface area contributed by atoms with E-state index in [2.05, 4.69) is 5.32 Å². The number of nitrogens with one attached hydrogen (secondary N) is 1. The lowest BCUT2D eigenvalue weighted by atomic mass is 10.0. The molecule has 0 spiro atoms. The Balaban J connectivity index is 1.55. The molecule has 1 aromatic heterocycles. The Morgan fingerprint density at radius 1 is 0.966 bits per heavy atom. The zero-order valence-electron chi connectivity index (χ0n) is 15.3. The lowest BCUT2D eigenvalue weighted by Crippen LogP contribution is -2.30. The van der Waals surface area contributed by atoms with Gasteiger partial charge >= 0.3 is 0 Å². The number of hydrogen-bond donors (Lipinski definition) is 1. The van der Waals surface area contributed by atoms with E-state index < -0.39 is 6.04 Å². The summed E-state index contributed by atoms with van der Waals surface area (Å²) < 4.78 is 13.3. The normalized spacial score (nSPS) is 14.9. The predicted molar refractivity (Wildman–Crippen MR) is 108 cm³/mol. The SMILES string of the molecule is O=C(N[C@H](c1ccc(F)cc1)c1cccs1)c1ccc(N2C(=O)CCC2=O)cc1. The molecule has 1 saturated heterocycles. The van der Waals surface area contributed by atoms with Gasteiger partial charge < -0.3 is 5.32 Å².